The van der Waals surface area contributed by atoms with E-state index in [1.54, 1.807) is 0 Å². The lowest BCUT2D eigenvalue weighted by Gasteiger charge is -2.17. The second-order valence-electron chi connectivity index (χ2n) is 3.56. The Morgan fingerprint density at radius 2 is 1.68 bits per heavy atom. The number of halogens is 6. The highest BCUT2D eigenvalue weighted by Crippen LogP contribution is 2.22. The van der Waals surface area contributed by atoms with Crippen LogP contribution in [0.4, 0.5) is 26.3 Å². The highest BCUT2D eigenvalue weighted by molar-refractivity contribution is 5.75. The first kappa shape index (κ1) is 15.3. The second kappa shape index (κ2) is 5.47. The van der Waals surface area contributed by atoms with Gasteiger partial charge in [0.1, 0.15) is 11.9 Å². The summed E-state index contributed by atoms with van der Waals surface area (Å²) in [5.41, 5.74) is -0.921. The number of rotatable bonds is 4. The Balaban J connectivity index is 3.06. The van der Waals surface area contributed by atoms with Crippen molar-refractivity contribution in [1.82, 2.24) is 5.32 Å². The molecular weight excluding hydrogens is 280 g/mol. The Hall–Kier alpha value is -1.77. The number of carboxylic acid groups (broad SMARTS) is 1. The van der Waals surface area contributed by atoms with Gasteiger partial charge in [0.25, 0.3) is 0 Å². The number of carbonyl (C=O) groups is 1. The van der Waals surface area contributed by atoms with E-state index in [0.29, 0.717) is 0 Å². The van der Waals surface area contributed by atoms with Crippen molar-refractivity contribution in [2.24, 2.45) is 0 Å². The zero-order valence-electron chi connectivity index (χ0n) is 9.06. The van der Waals surface area contributed by atoms with Crippen LogP contribution in [-0.4, -0.2) is 23.8 Å². The molecule has 1 atom stereocenters. The van der Waals surface area contributed by atoms with Crippen molar-refractivity contribution >= 4 is 5.97 Å². The predicted molar refractivity (Wildman–Crippen MR) is 50.8 cm³/mol. The molecule has 3 nitrogen and oxygen atoms in total. The molecule has 9 heteroatoms. The van der Waals surface area contributed by atoms with Crippen LogP contribution in [0.1, 0.15) is 11.6 Å². The van der Waals surface area contributed by atoms with E-state index in [4.69, 9.17) is 5.11 Å². The van der Waals surface area contributed by atoms with E-state index in [0.717, 1.165) is 0 Å². The summed E-state index contributed by atoms with van der Waals surface area (Å²) in [4.78, 5) is 10.8. The van der Waals surface area contributed by atoms with Crippen molar-refractivity contribution in [2.75, 3.05) is 6.54 Å². The molecule has 0 aliphatic carbocycles. The number of benzene rings is 1. The summed E-state index contributed by atoms with van der Waals surface area (Å²) < 4.78 is 74.6. The Morgan fingerprint density at radius 1 is 1.16 bits per heavy atom. The number of alkyl halides is 3. The molecule has 1 aromatic carbocycles. The summed E-state index contributed by atoms with van der Waals surface area (Å²) in [5, 5.41) is 10.2. The molecule has 1 aromatic rings. The lowest BCUT2D eigenvalue weighted by atomic mass is 10.1. The second-order valence-corrected chi connectivity index (χ2v) is 3.56. The lowest BCUT2D eigenvalue weighted by molar-refractivity contribution is -0.143. The molecule has 0 saturated heterocycles. The van der Waals surface area contributed by atoms with Crippen molar-refractivity contribution in [1.29, 1.82) is 0 Å². The monoisotopic (exact) mass is 287 g/mol. The van der Waals surface area contributed by atoms with Gasteiger partial charge in [0.15, 0.2) is 11.6 Å². The van der Waals surface area contributed by atoms with Gasteiger partial charge in [-0.1, -0.05) is 0 Å². The third-order valence-electron chi connectivity index (χ3n) is 2.10. The highest BCUT2D eigenvalue weighted by atomic mass is 19.4. The minimum absolute atomic E-state index is 0.0654. The van der Waals surface area contributed by atoms with Crippen molar-refractivity contribution in [3.05, 3.63) is 35.1 Å². The smallest absolute Gasteiger partial charge is 0.401 e. The molecule has 0 amide bonds. The standard InChI is InChI=1S/C10H7F6NO2/c11-5-2-7(13)6(12)1-4(5)8(9(18)19)17-3-10(14,15)16/h1-2,8,17H,3H2,(H,18,19). The summed E-state index contributed by atoms with van der Waals surface area (Å²) >= 11 is 0. The number of hydrogen-bond acceptors (Lipinski definition) is 2. The van der Waals surface area contributed by atoms with Crippen LogP contribution in [0.15, 0.2) is 12.1 Å². The van der Waals surface area contributed by atoms with Gasteiger partial charge in [-0.2, -0.15) is 13.2 Å². The molecular formula is C10H7F6NO2. The molecule has 0 radical (unpaired) electrons. The van der Waals surface area contributed by atoms with Crippen molar-refractivity contribution < 1.29 is 36.2 Å². The maximum absolute atomic E-state index is 13.3. The number of aliphatic carboxylic acids is 1. The first-order chi connectivity index (χ1) is 8.61. The summed E-state index contributed by atoms with van der Waals surface area (Å²) in [5.74, 6) is -6.44. The molecule has 0 aliphatic rings. The highest BCUT2D eigenvalue weighted by Gasteiger charge is 2.32. The van der Waals surface area contributed by atoms with Gasteiger partial charge in [-0.3, -0.25) is 10.1 Å². The molecule has 0 bridgehead atoms. The topological polar surface area (TPSA) is 49.3 Å². The lowest BCUT2D eigenvalue weighted by Crippen LogP contribution is -2.36. The van der Waals surface area contributed by atoms with Crippen molar-refractivity contribution in [3.63, 3.8) is 0 Å². The third-order valence-corrected chi connectivity index (χ3v) is 2.10. The number of hydrogen-bond donors (Lipinski definition) is 2. The summed E-state index contributed by atoms with van der Waals surface area (Å²) in [6.07, 6.45) is -4.73. The van der Waals surface area contributed by atoms with Crippen LogP contribution in [0.2, 0.25) is 0 Å². The number of carboxylic acids is 1. The van der Waals surface area contributed by atoms with Gasteiger partial charge in [-0.25, -0.2) is 13.2 Å². The van der Waals surface area contributed by atoms with E-state index < -0.39 is 47.7 Å². The van der Waals surface area contributed by atoms with Crippen LogP contribution in [-0.2, 0) is 4.79 Å². The largest absolute Gasteiger partial charge is 0.480 e. The SMILES string of the molecule is O=C(O)C(NCC(F)(F)F)c1cc(F)c(F)cc1F. The molecule has 19 heavy (non-hydrogen) atoms. The Morgan fingerprint density at radius 3 is 2.16 bits per heavy atom. The van der Waals surface area contributed by atoms with Crippen LogP contribution >= 0.6 is 0 Å². The molecule has 0 saturated carbocycles. The van der Waals surface area contributed by atoms with Crippen LogP contribution < -0.4 is 5.32 Å². The molecule has 0 heterocycles. The minimum Gasteiger partial charge on any atom is -0.480 e. The predicted octanol–water partition coefficient (Wildman–Crippen LogP) is 2.38. The number of nitrogens with one attached hydrogen (secondary N) is 1. The summed E-state index contributed by atoms with van der Waals surface area (Å²) in [7, 11) is 0. The average molecular weight is 287 g/mol. The zero-order valence-corrected chi connectivity index (χ0v) is 9.06. The minimum atomic E-state index is -4.73. The molecule has 0 aromatic heterocycles. The zero-order chi connectivity index (χ0) is 14.8. The molecule has 1 unspecified atom stereocenters. The van der Waals surface area contributed by atoms with Gasteiger partial charge in [0.2, 0.25) is 0 Å². The fraction of sp³-hybridized carbons (Fsp3) is 0.300. The van der Waals surface area contributed by atoms with Crippen molar-refractivity contribution in [2.45, 2.75) is 12.2 Å². The van der Waals surface area contributed by atoms with Crippen LogP contribution in [0.25, 0.3) is 0 Å². The molecule has 0 fully saturated rings. The third kappa shape index (κ3) is 4.12. The van der Waals surface area contributed by atoms with E-state index in [1.165, 1.54) is 5.32 Å². The molecule has 0 aliphatic heterocycles. The normalized spacial score (nSPS) is 13.4. The first-order valence-corrected chi connectivity index (χ1v) is 4.79. The van der Waals surface area contributed by atoms with Gasteiger partial charge < -0.3 is 5.11 Å². The Labute approximate surface area is 102 Å². The quantitative estimate of drug-likeness (QED) is 0.660. The Bertz CT molecular complexity index is 488. The van der Waals surface area contributed by atoms with Gasteiger partial charge >= 0.3 is 12.1 Å². The van der Waals surface area contributed by atoms with Crippen LogP contribution in [0.3, 0.4) is 0 Å². The van der Waals surface area contributed by atoms with E-state index >= 15 is 0 Å². The summed E-state index contributed by atoms with van der Waals surface area (Å²) in [6.45, 7) is -1.72. The fourth-order valence-electron chi connectivity index (χ4n) is 1.31. The van der Waals surface area contributed by atoms with Gasteiger partial charge in [-0.05, 0) is 6.07 Å². The van der Waals surface area contributed by atoms with E-state index in [2.05, 4.69) is 0 Å². The van der Waals surface area contributed by atoms with Gasteiger partial charge in [0, 0.05) is 11.6 Å². The maximum Gasteiger partial charge on any atom is 0.401 e. The van der Waals surface area contributed by atoms with Gasteiger partial charge in [-0.15, -0.1) is 0 Å². The summed E-state index contributed by atoms with van der Waals surface area (Å²) in [6, 6.07) is -1.88. The van der Waals surface area contributed by atoms with Gasteiger partial charge in [0.05, 0.1) is 6.54 Å². The van der Waals surface area contributed by atoms with E-state index in [-0.39, 0.29) is 12.1 Å². The van der Waals surface area contributed by atoms with Crippen molar-refractivity contribution in [3.8, 4) is 0 Å². The maximum atomic E-state index is 13.3. The molecule has 0 spiro atoms. The average Bonchev–Trinajstić information content (AvgIpc) is 2.23. The van der Waals surface area contributed by atoms with E-state index in [1.807, 2.05) is 0 Å². The fourth-order valence-corrected chi connectivity index (χ4v) is 1.31. The molecule has 2 N–H and O–H groups in total. The molecule has 1 rings (SSSR count). The first-order valence-electron chi connectivity index (χ1n) is 4.79. The van der Waals surface area contributed by atoms with Crippen LogP contribution in [0.5, 0.6) is 0 Å². The Kier molecular flexibility index (Phi) is 4.40. The van der Waals surface area contributed by atoms with Crippen LogP contribution in [0, 0.1) is 17.5 Å². The molecule has 106 valence electrons. The van der Waals surface area contributed by atoms with E-state index in [9.17, 15) is 31.1 Å².